The highest BCUT2D eigenvalue weighted by molar-refractivity contribution is 6.35. The summed E-state index contributed by atoms with van der Waals surface area (Å²) in [5.74, 6) is -0.107. The summed E-state index contributed by atoms with van der Waals surface area (Å²) in [7, 11) is 3.36. The second-order valence-corrected chi connectivity index (χ2v) is 5.88. The summed E-state index contributed by atoms with van der Waals surface area (Å²) in [5.41, 5.74) is 6.78. The number of hydrogen-bond acceptors (Lipinski definition) is 3. The van der Waals surface area contributed by atoms with Crippen molar-refractivity contribution in [3.63, 3.8) is 0 Å². The van der Waals surface area contributed by atoms with Crippen molar-refractivity contribution in [1.29, 1.82) is 0 Å². The quantitative estimate of drug-likeness (QED) is 0.779. The van der Waals surface area contributed by atoms with Crippen LogP contribution in [-0.4, -0.2) is 37.6 Å². The Labute approximate surface area is 136 Å². The highest BCUT2D eigenvalue weighted by Gasteiger charge is 2.24. The average Bonchev–Trinajstić information content (AvgIpc) is 2.45. The van der Waals surface area contributed by atoms with Gasteiger partial charge in [-0.05, 0) is 37.5 Å². The van der Waals surface area contributed by atoms with E-state index in [1.165, 1.54) is 0 Å². The highest BCUT2D eigenvalue weighted by Crippen LogP contribution is 2.29. The van der Waals surface area contributed by atoms with Crippen LogP contribution in [-0.2, 0) is 9.53 Å². The Morgan fingerprint density at radius 2 is 2.10 bits per heavy atom. The van der Waals surface area contributed by atoms with Crippen molar-refractivity contribution < 1.29 is 9.53 Å². The first-order valence-electron chi connectivity index (χ1n) is 6.84. The van der Waals surface area contributed by atoms with Gasteiger partial charge in [-0.3, -0.25) is 4.79 Å². The summed E-state index contributed by atoms with van der Waals surface area (Å²) in [6.45, 7) is 2.51. The van der Waals surface area contributed by atoms with Crippen LogP contribution in [0.1, 0.15) is 31.4 Å². The lowest BCUT2D eigenvalue weighted by Crippen LogP contribution is -2.43. The minimum atomic E-state index is -0.529. The number of nitrogens with two attached hydrogens (primary N) is 1. The Hall–Kier alpha value is -0.810. The van der Waals surface area contributed by atoms with E-state index < -0.39 is 6.04 Å². The molecule has 1 rings (SSSR count). The van der Waals surface area contributed by atoms with Crippen molar-refractivity contribution in [3.05, 3.63) is 33.8 Å². The Morgan fingerprint density at radius 1 is 1.43 bits per heavy atom. The van der Waals surface area contributed by atoms with Gasteiger partial charge < -0.3 is 15.4 Å². The lowest BCUT2D eigenvalue weighted by atomic mass is 10.1. The van der Waals surface area contributed by atoms with Gasteiger partial charge in [-0.25, -0.2) is 0 Å². The molecule has 0 fully saturated rings. The van der Waals surface area contributed by atoms with E-state index in [0.717, 1.165) is 12.0 Å². The highest BCUT2D eigenvalue weighted by atomic mass is 35.5. The molecule has 1 aromatic carbocycles. The second kappa shape index (κ2) is 8.59. The van der Waals surface area contributed by atoms with Gasteiger partial charge >= 0.3 is 0 Å². The molecule has 0 aliphatic carbocycles. The van der Waals surface area contributed by atoms with E-state index in [-0.39, 0.29) is 11.9 Å². The van der Waals surface area contributed by atoms with Crippen LogP contribution >= 0.6 is 23.2 Å². The predicted molar refractivity (Wildman–Crippen MR) is 86.7 cm³/mol. The third kappa shape index (κ3) is 5.15. The Kier molecular flexibility index (Phi) is 7.46. The topological polar surface area (TPSA) is 55.6 Å². The first-order chi connectivity index (χ1) is 9.88. The number of methoxy groups -OCH3 is 1. The molecule has 2 atom stereocenters. The number of rotatable bonds is 7. The number of benzene rings is 1. The van der Waals surface area contributed by atoms with Gasteiger partial charge in [0.25, 0.3) is 0 Å². The smallest absolute Gasteiger partial charge is 0.239 e. The number of carbonyl (C=O) groups is 1. The molecule has 0 saturated heterocycles. The van der Waals surface area contributed by atoms with Crippen molar-refractivity contribution >= 4 is 29.1 Å². The third-order valence-electron chi connectivity index (χ3n) is 3.52. The molecule has 6 heteroatoms. The summed E-state index contributed by atoms with van der Waals surface area (Å²) in [5, 5.41) is 1.11. The molecule has 118 valence electrons. The van der Waals surface area contributed by atoms with Gasteiger partial charge in [0.2, 0.25) is 5.91 Å². The van der Waals surface area contributed by atoms with Crippen molar-refractivity contribution in [1.82, 2.24) is 4.90 Å². The molecule has 2 unspecified atom stereocenters. The van der Waals surface area contributed by atoms with Crippen LogP contribution in [0.4, 0.5) is 0 Å². The van der Waals surface area contributed by atoms with E-state index in [1.807, 2.05) is 13.0 Å². The summed E-state index contributed by atoms with van der Waals surface area (Å²) >= 11 is 12.1. The van der Waals surface area contributed by atoms with E-state index in [0.29, 0.717) is 23.1 Å². The van der Waals surface area contributed by atoms with Gasteiger partial charge in [0.1, 0.15) is 0 Å². The molecule has 0 aromatic heterocycles. The van der Waals surface area contributed by atoms with Crippen molar-refractivity contribution in [3.8, 4) is 0 Å². The molecule has 4 nitrogen and oxygen atoms in total. The third-order valence-corrected chi connectivity index (χ3v) is 4.08. The molecular weight excluding hydrogens is 311 g/mol. The lowest BCUT2D eigenvalue weighted by molar-refractivity contribution is -0.133. The van der Waals surface area contributed by atoms with Crippen LogP contribution in [0, 0.1) is 0 Å². The second-order valence-electron chi connectivity index (χ2n) is 5.03. The molecule has 0 heterocycles. The standard InChI is InChI=1S/C15H22Cl2N2O2/c1-10(12-7-6-11(16)9-13(12)17)19(2)15(20)14(18)5-4-8-21-3/h6-7,9-10,14H,4-5,8,18H2,1-3H3. The molecular formula is C15H22Cl2N2O2. The van der Waals surface area contributed by atoms with E-state index in [9.17, 15) is 4.79 Å². The number of ether oxygens (including phenoxy) is 1. The number of halogens is 2. The minimum absolute atomic E-state index is 0.107. The predicted octanol–water partition coefficient (Wildman–Crippen LogP) is 3.27. The zero-order chi connectivity index (χ0) is 16.0. The van der Waals surface area contributed by atoms with Crippen LogP contribution < -0.4 is 5.73 Å². The summed E-state index contributed by atoms with van der Waals surface area (Å²) in [6, 6.07) is 4.56. The van der Waals surface area contributed by atoms with E-state index >= 15 is 0 Å². The number of hydrogen-bond donors (Lipinski definition) is 1. The summed E-state index contributed by atoms with van der Waals surface area (Å²) < 4.78 is 4.97. The number of nitrogens with zero attached hydrogens (tertiary/aromatic N) is 1. The first-order valence-corrected chi connectivity index (χ1v) is 7.60. The van der Waals surface area contributed by atoms with E-state index in [2.05, 4.69) is 0 Å². The van der Waals surface area contributed by atoms with Crippen LogP contribution in [0.2, 0.25) is 10.0 Å². The maximum Gasteiger partial charge on any atom is 0.239 e. The molecule has 0 saturated carbocycles. The molecule has 2 N–H and O–H groups in total. The fourth-order valence-corrected chi connectivity index (χ4v) is 2.64. The van der Waals surface area contributed by atoms with Crippen LogP contribution in [0.25, 0.3) is 0 Å². The van der Waals surface area contributed by atoms with E-state index in [1.54, 1.807) is 31.2 Å². The average molecular weight is 333 g/mol. The van der Waals surface area contributed by atoms with Crippen LogP contribution in [0.15, 0.2) is 18.2 Å². The van der Waals surface area contributed by atoms with Gasteiger partial charge in [-0.2, -0.15) is 0 Å². The zero-order valence-corrected chi connectivity index (χ0v) is 14.1. The molecule has 1 amide bonds. The number of amides is 1. The van der Waals surface area contributed by atoms with Crippen LogP contribution in [0.5, 0.6) is 0 Å². The molecule has 0 radical (unpaired) electrons. The lowest BCUT2D eigenvalue weighted by Gasteiger charge is -2.28. The fraction of sp³-hybridized carbons (Fsp3) is 0.533. The monoisotopic (exact) mass is 332 g/mol. The first kappa shape index (κ1) is 18.2. The maximum atomic E-state index is 12.3. The molecule has 21 heavy (non-hydrogen) atoms. The van der Waals surface area contributed by atoms with Crippen LogP contribution in [0.3, 0.4) is 0 Å². The van der Waals surface area contributed by atoms with E-state index in [4.69, 9.17) is 33.7 Å². The van der Waals surface area contributed by atoms with Gasteiger partial charge in [-0.15, -0.1) is 0 Å². The zero-order valence-electron chi connectivity index (χ0n) is 12.6. The molecule has 0 bridgehead atoms. The molecule has 0 aliphatic rings. The van der Waals surface area contributed by atoms with Gasteiger partial charge in [0.15, 0.2) is 0 Å². The molecule has 0 aliphatic heterocycles. The Balaban J connectivity index is 2.72. The Bertz CT molecular complexity index is 483. The van der Waals surface area contributed by atoms with Gasteiger partial charge in [0.05, 0.1) is 12.1 Å². The number of likely N-dealkylation sites (N-methyl/N-ethyl adjacent to an activating group) is 1. The largest absolute Gasteiger partial charge is 0.385 e. The van der Waals surface area contributed by atoms with Gasteiger partial charge in [-0.1, -0.05) is 29.3 Å². The Morgan fingerprint density at radius 3 is 2.67 bits per heavy atom. The fourth-order valence-electron chi connectivity index (χ4n) is 2.07. The maximum absolute atomic E-state index is 12.3. The normalized spacial score (nSPS) is 13.8. The number of carbonyl (C=O) groups excluding carboxylic acids is 1. The molecule has 1 aromatic rings. The van der Waals surface area contributed by atoms with Crippen molar-refractivity contribution in [2.24, 2.45) is 5.73 Å². The SMILES string of the molecule is COCCCC(N)C(=O)N(C)C(C)c1ccc(Cl)cc1Cl. The van der Waals surface area contributed by atoms with Crippen molar-refractivity contribution in [2.75, 3.05) is 20.8 Å². The summed E-state index contributed by atoms with van der Waals surface area (Å²) in [6.07, 6.45) is 1.35. The molecule has 0 spiro atoms. The van der Waals surface area contributed by atoms with Crippen molar-refractivity contribution in [2.45, 2.75) is 31.8 Å². The van der Waals surface area contributed by atoms with Gasteiger partial charge in [0, 0.05) is 30.8 Å². The summed E-state index contributed by atoms with van der Waals surface area (Å²) in [4.78, 5) is 13.9. The minimum Gasteiger partial charge on any atom is -0.385 e.